The molecule has 1 aromatic rings. The number of methoxy groups -OCH3 is 2. The van der Waals surface area contributed by atoms with Crippen LogP contribution in [-0.4, -0.2) is 33.5 Å². The first kappa shape index (κ1) is 12.5. The molecule has 84 valence electrons. The van der Waals surface area contributed by atoms with E-state index in [1.54, 1.807) is 14.2 Å². The van der Waals surface area contributed by atoms with E-state index in [1.165, 1.54) is 0 Å². The fraction of sp³-hybridized carbons (Fsp3) is 0.455. The molecule has 0 radical (unpaired) electrons. The third-order valence-corrected chi connectivity index (χ3v) is 2.35. The molecule has 3 nitrogen and oxygen atoms in total. The van der Waals surface area contributed by atoms with Crippen LogP contribution >= 0.6 is 15.9 Å². The SMILES string of the molecule is COCC(COC)Oc1ccc(Br)cc1. The van der Waals surface area contributed by atoms with Crippen molar-refractivity contribution in [1.29, 1.82) is 0 Å². The van der Waals surface area contributed by atoms with Gasteiger partial charge in [-0.1, -0.05) is 15.9 Å². The highest BCUT2D eigenvalue weighted by Gasteiger charge is 2.09. The van der Waals surface area contributed by atoms with E-state index in [-0.39, 0.29) is 6.10 Å². The monoisotopic (exact) mass is 274 g/mol. The highest BCUT2D eigenvalue weighted by Crippen LogP contribution is 2.17. The third kappa shape index (κ3) is 4.64. The highest BCUT2D eigenvalue weighted by atomic mass is 79.9. The van der Waals surface area contributed by atoms with E-state index < -0.39 is 0 Å². The summed E-state index contributed by atoms with van der Waals surface area (Å²) >= 11 is 3.37. The van der Waals surface area contributed by atoms with E-state index in [2.05, 4.69) is 15.9 Å². The summed E-state index contributed by atoms with van der Waals surface area (Å²) in [4.78, 5) is 0. The molecule has 0 aliphatic heterocycles. The van der Waals surface area contributed by atoms with E-state index in [0.29, 0.717) is 13.2 Å². The summed E-state index contributed by atoms with van der Waals surface area (Å²) in [6.07, 6.45) is -0.0684. The Bertz CT molecular complexity index is 268. The molecule has 0 aromatic heterocycles. The summed E-state index contributed by atoms with van der Waals surface area (Å²) in [5.74, 6) is 0.817. The molecule has 0 fully saturated rings. The molecule has 0 spiro atoms. The van der Waals surface area contributed by atoms with Crippen LogP contribution in [0.3, 0.4) is 0 Å². The van der Waals surface area contributed by atoms with Crippen molar-refractivity contribution in [2.75, 3.05) is 27.4 Å². The predicted octanol–water partition coefficient (Wildman–Crippen LogP) is 2.49. The summed E-state index contributed by atoms with van der Waals surface area (Å²) in [5.41, 5.74) is 0. The average molecular weight is 275 g/mol. The molecule has 0 atom stereocenters. The second-order valence-corrected chi connectivity index (χ2v) is 4.02. The molecule has 0 unspecified atom stereocenters. The maximum atomic E-state index is 5.68. The van der Waals surface area contributed by atoms with Gasteiger partial charge in [-0.05, 0) is 24.3 Å². The van der Waals surface area contributed by atoms with Crippen molar-refractivity contribution in [2.24, 2.45) is 0 Å². The molecule has 0 saturated carbocycles. The first-order valence-corrected chi connectivity index (χ1v) is 5.45. The van der Waals surface area contributed by atoms with Crippen LogP contribution < -0.4 is 4.74 Å². The van der Waals surface area contributed by atoms with Crippen LogP contribution in [0, 0.1) is 0 Å². The van der Waals surface area contributed by atoms with Crippen molar-refractivity contribution in [3.63, 3.8) is 0 Å². The number of halogens is 1. The smallest absolute Gasteiger partial charge is 0.145 e. The fourth-order valence-corrected chi connectivity index (χ4v) is 1.46. The van der Waals surface area contributed by atoms with Crippen molar-refractivity contribution < 1.29 is 14.2 Å². The Morgan fingerprint density at radius 3 is 2.07 bits per heavy atom. The molecule has 0 N–H and O–H groups in total. The third-order valence-electron chi connectivity index (χ3n) is 1.82. The minimum Gasteiger partial charge on any atom is -0.486 e. The first-order chi connectivity index (χ1) is 7.26. The van der Waals surface area contributed by atoms with Gasteiger partial charge in [-0.25, -0.2) is 0 Å². The van der Waals surface area contributed by atoms with E-state index in [9.17, 15) is 0 Å². The summed E-state index contributed by atoms with van der Waals surface area (Å²) < 4.78 is 16.8. The maximum absolute atomic E-state index is 5.68. The van der Waals surface area contributed by atoms with Gasteiger partial charge in [-0.2, -0.15) is 0 Å². The largest absolute Gasteiger partial charge is 0.486 e. The molecule has 0 aliphatic carbocycles. The Kier molecular flexibility index (Phi) is 5.68. The lowest BCUT2D eigenvalue weighted by atomic mass is 10.3. The molecular formula is C11H15BrO3. The lowest BCUT2D eigenvalue weighted by Crippen LogP contribution is -2.27. The second-order valence-electron chi connectivity index (χ2n) is 3.10. The number of benzene rings is 1. The van der Waals surface area contributed by atoms with Crippen molar-refractivity contribution in [2.45, 2.75) is 6.10 Å². The normalized spacial score (nSPS) is 10.7. The van der Waals surface area contributed by atoms with Gasteiger partial charge in [-0.3, -0.25) is 0 Å². The number of hydrogen-bond acceptors (Lipinski definition) is 3. The topological polar surface area (TPSA) is 27.7 Å². The Balaban J connectivity index is 2.53. The van der Waals surface area contributed by atoms with Gasteiger partial charge in [-0.15, -0.1) is 0 Å². The first-order valence-electron chi connectivity index (χ1n) is 4.66. The van der Waals surface area contributed by atoms with Crippen LogP contribution in [0.5, 0.6) is 5.75 Å². The molecule has 1 aromatic carbocycles. The summed E-state index contributed by atoms with van der Waals surface area (Å²) in [6, 6.07) is 7.68. The summed E-state index contributed by atoms with van der Waals surface area (Å²) in [5, 5.41) is 0. The molecular weight excluding hydrogens is 260 g/mol. The number of rotatable bonds is 6. The van der Waals surface area contributed by atoms with E-state index in [1.807, 2.05) is 24.3 Å². The van der Waals surface area contributed by atoms with Crippen LogP contribution in [0.25, 0.3) is 0 Å². The van der Waals surface area contributed by atoms with Crippen molar-refractivity contribution in [3.8, 4) is 5.75 Å². The Morgan fingerprint density at radius 1 is 1.07 bits per heavy atom. The molecule has 0 saturated heterocycles. The minimum absolute atomic E-state index is 0.0684. The van der Waals surface area contributed by atoms with Gasteiger partial charge >= 0.3 is 0 Å². The zero-order chi connectivity index (χ0) is 11.1. The Morgan fingerprint density at radius 2 is 1.60 bits per heavy atom. The van der Waals surface area contributed by atoms with Crippen LogP contribution in [0.4, 0.5) is 0 Å². The van der Waals surface area contributed by atoms with Crippen molar-refractivity contribution in [3.05, 3.63) is 28.7 Å². The van der Waals surface area contributed by atoms with Crippen molar-refractivity contribution in [1.82, 2.24) is 0 Å². The molecule has 0 heterocycles. The zero-order valence-corrected chi connectivity index (χ0v) is 10.5. The van der Waals surface area contributed by atoms with Gasteiger partial charge in [0.1, 0.15) is 11.9 Å². The lowest BCUT2D eigenvalue weighted by molar-refractivity contribution is 0.0245. The maximum Gasteiger partial charge on any atom is 0.145 e. The molecule has 1 rings (SSSR count). The van der Waals surface area contributed by atoms with E-state index in [4.69, 9.17) is 14.2 Å². The standard InChI is InChI=1S/C11H15BrO3/c1-13-7-11(8-14-2)15-10-5-3-9(12)4-6-10/h3-6,11H,7-8H2,1-2H3. The van der Waals surface area contributed by atoms with Crippen LogP contribution in [0.15, 0.2) is 28.7 Å². The van der Waals surface area contributed by atoms with Crippen LogP contribution in [0.1, 0.15) is 0 Å². The molecule has 0 amide bonds. The van der Waals surface area contributed by atoms with Crippen LogP contribution in [0.2, 0.25) is 0 Å². The zero-order valence-electron chi connectivity index (χ0n) is 8.90. The summed E-state index contributed by atoms with van der Waals surface area (Å²) in [7, 11) is 3.29. The van der Waals surface area contributed by atoms with Gasteiger partial charge < -0.3 is 14.2 Å². The van der Waals surface area contributed by atoms with Gasteiger partial charge in [0.05, 0.1) is 13.2 Å². The highest BCUT2D eigenvalue weighted by molar-refractivity contribution is 9.10. The quantitative estimate of drug-likeness (QED) is 0.798. The predicted molar refractivity (Wildman–Crippen MR) is 62.3 cm³/mol. The minimum atomic E-state index is -0.0684. The van der Waals surface area contributed by atoms with Gasteiger partial charge in [0, 0.05) is 18.7 Å². The lowest BCUT2D eigenvalue weighted by Gasteiger charge is -2.17. The average Bonchev–Trinajstić information content (AvgIpc) is 2.22. The van der Waals surface area contributed by atoms with Crippen LogP contribution in [-0.2, 0) is 9.47 Å². The molecule has 0 bridgehead atoms. The van der Waals surface area contributed by atoms with E-state index in [0.717, 1.165) is 10.2 Å². The van der Waals surface area contributed by atoms with Gasteiger partial charge in [0.2, 0.25) is 0 Å². The van der Waals surface area contributed by atoms with E-state index >= 15 is 0 Å². The molecule has 4 heteroatoms. The Labute approximate surface area is 98.5 Å². The van der Waals surface area contributed by atoms with Crippen molar-refractivity contribution >= 4 is 15.9 Å². The van der Waals surface area contributed by atoms with Gasteiger partial charge in [0.15, 0.2) is 0 Å². The fourth-order valence-electron chi connectivity index (χ4n) is 1.19. The number of hydrogen-bond donors (Lipinski definition) is 0. The summed E-state index contributed by atoms with van der Waals surface area (Å²) in [6.45, 7) is 1.04. The number of ether oxygens (including phenoxy) is 3. The molecule has 0 aliphatic rings. The molecule has 15 heavy (non-hydrogen) atoms. The van der Waals surface area contributed by atoms with Gasteiger partial charge in [0.25, 0.3) is 0 Å². The Hall–Kier alpha value is -0.580. The second kappa shape index (κ2) is 6.82.